The van der Waals surface area contributed by atoms with Crippen LogP contribution < -0.4 is 5.32 Å². The molecule has 0 bridgehead atoms. The van der Waals surface area contributed by atoms with Crippen molar-refractivity contribution in [2.24, 2.45) is 5.92 Å². The van der Waals surface area contributed by atoms with Crippen LogP contribution in [0.2, 0.25) is 0 Å². The molecule has 0 unspecified atom stereocenters. The van der Waals surface area contributed by atoms with E-state index in [0.29, 0.717) is 6.54 Å². The highest BCUT2D eigenvalue weighted by atomic mass is 16.1. The van der Waals surface area contributed by atoms with Crippen molar-refractivity contribution in [1.29, 1.82) is 0 Å². The van der Waals surface area contributed by atoms with Crippen LogP contribution in [0.1, 0.15) is 49.7 Å². The molecule has 3 nitrogen and oxygen atoms in total. The summed E-state index contributed by atoms with van der Waals surface area (Å²) in [6.07, 6.45) is 7.41. The molecular weight excluding hydrogens is 260 g/mol. The first-order valence-electron chi connectivity index (χ1n) is 8.39. The van der Waals surface area contributed by atoms with E-state index in [9.17, 15) is 4.79 Å². The molecular formula is C18H26N2O. The maximum absolute atomic E-state index is 11.8. The predicted molar refractivity (Wildman–Crippen MR) is 84.8 cm³/mol. The van der Waals surface area contributed by atoms with Gasteiger partial charge in [-0.15, -0.1) is 0 Å². The molecule has 21 heavy (non-hydrogen) atoms. The number of nitrogens with one attached hydrogen (secondary N) is 1. The molecule has 0 aromatic heterocycles. The van der Waals surface area contributed by atoms with E-state index in [2.05, 4.69) is 34.5 Å². The number of rotatable bonds is 5. The number of benzene rings is 1. The third kappa shape index (κ3) is 4.07. The van der Waals surface area contributed by atoms with Crippen LogP contribution in [-0.2, 0) is 17.9 Å². The normalized spacial score (nSPS) is 20.0. The first kappa shape index (κ1) is 14.6. The summed E-state index contributed by atoms with van der Waals surface area (Å²) < 4.78 is 0. The fraction of sp³-hybridized carbons (Fsp3) is 0.611. The topological polar surface area (TPSA) is 32.3 Å². The van der Waals surface area contributed by atoms with Gasteiger partial charge >= 0.3 is 0 Å². The van der Waals surface area contributed by atoms with Gasteiger partial charge in [-0.1, -0.05) is 37.1 Å². The lowest BCUT2D eigenvalue weighted by molar-refractivity contribution is -0.127. The van der Waals surface area contributed by atoms with Crippen molar-refractivity contribution in [1.82, 2.24) is 10.2 Å². The molecule has 1 saturated carbocycles. The minimum Gasteiger partial charge on any atom is -0.352 e. The Morgan fingerprint density at radius 1 is 1.00 bits per heavy atom. The van der Waals surface area contributed by atoms with Crippen molar-refractivity contribution in [2.45, 2.75) is 51.6 Å². The molecule has 114 valence electrons. The van der Waals surface area contributed by atoms with Crippen molar-refractivity contribution in [2.75, 3.05) is 13.1 Å². The minimum absolute atomic E-state index is 0.235. The van der Waals surface area contributed by atoms with Gasteiger partial charge in [-0.2, -0.15) is 0 Å². The first-order valence-corrected chi connectivity index (χ1v) is 8.39. The van der Waals surface area contributed by atoms with Crippen molar-refractivity contribution < 1.29 is 4.79 Å². The number of hydrogen-bond acceptors (Lipinski definition) is 2. The van der Waals surface area contributed by atoms with Gasteiger partial charge in [-0.25, -0.2) is 0 Å². The van der Waals surface area contributed by atoms with Crippen molar-refractivity contribution in [3.8, 4) is 0 Å². The third-order valence-corrected chi connectivity index (χ3v) is 4.82. The van der Waals surface area contributed by atoms with Crippen molar-refractivity contribution in [3.63, 3.8) is 0 Å². The van der Waals surface area contributed by atoms with E-state index >= 15 is 0 Å². The molecule has 0 spiro atoms. The average Bonchev–Trinajstić information content (AvgIpc) is 2.46. The van der Waals surface area contributed by atoms with E-state index in [1.165, 1.54) is 49.9 Å². The molecule has 0 atom stereocenters. The van der Waals surface area contributed by atoms with Crippen LogP contribution in [0.4, 0.5) is 0 Å². The number of carbonyl (C=O) groups is 1. The van der Waals surface area contributed by atoms with Gasteiger partial charge in [0.1, 0.15) is 0 Å². The van der Waals surface area contributed by atoms with Crippen LogP contribution >= 0.6 is 0 Å². The zero-order valence-corrected chi connectivity index (χ0v) is 12.8. The van der Waals surface area contributed by atoms with Gasteiger partial charge in [0.05, 0.1) is 0 Å². The number of nitrogens with zero attached hydrogens (tertiary/aromatic N) is 1. The maximum Gasteiger partial charge on any atom is 0.223 e. The Hall–Kier alpha value is -1.35. The maximum atomic E-state index is 11.8. The molecule has 1 heterocycles. The highest BCUT2D eigenvalue weighted by Crippen LogP contribution is 2.26. The van der Waals surface area contributed by atoms with Gasteiger partial charge in [0.25, 0.3) is 0 Å². The lowest BCUT2D eigenvalue weighted by atomic mass is 9.85. The standard InChI is InChI=1S/C18H26N2O/c21-18(17-5-4-6-17)19-13-15-7-9-16(10-8-15)14-20-11-2-1-3-12-20/h7-10,17H,1-6,11-14H2,(H,19,21). The van der Waals surface area contributed by atoms with Gasteiger partial charge in [-0.3, -0.25) is 9.69 Å². The molecule has 1 saturated heterocycles. The second kappa shape index (κ2) is 7.08. The molecule has 3 heteroatoms. The van der Waals surface area contributed by atoms with Crippen LogP contribution in [0.15, 0.2) is 24.3 Å². The number of likely N-dealkylation sites (tertiary alicyclic amines) is 1. The highest BCUT2D eigenvalue weighted by molar-refractivity contribution is 5.79. The van der Waals surface area contributed by atoms with Gasteiger partial charge < -0.3 is 5.32 Å². The summed E-state index contributed by atoms with van der Waals surface area (Å²) in [7, 11) is 0. The zero-order chi connectivity index (χ0) is 14.5. The number of carbonyl (C=O) groups excluding carboxylic acids is 1. The zero-order valence-electron chi connectivity index (χ0n) is 12.8. The number of hydrogen-bond donors (Lipinski definition) is 1. The van der Waals surface area contributed by atoms with Crippen LogP contribution in [0.25, 0.3) is 0 Å². The summed E-state index contributed by atoms with van der Waals surface area (Å²) >= 11 is 0. The van der Waals surface area contributed by atoms with E-state index < -0.39 is 0 Å². The second-order valence-corrected chi connectivity index (χ2v) is 6.50. The van der Waals surface area contributed by atoms with E-state index in [-0.39, 0.29) is 11.8 Å². The van der Waals surface area contributed by atoms with E-state index in [1.807, 2.05) is 0 Å². The van der Waals surface area contributed by atoms with Crippen LogP contribution in [0.5, 0.6) is 0 Å². The van der Waals surface area contributed by atoms with E-state index in [0.717, 1.165) is 19.4 Å². The van der Waals surface area contributed by atoms with Crippen LogP contribution in [0.3, 0.4) is 0 Å². The SMILES string of the molecule is O=C(NCc1ccc(CN2CCCCC2)cc1)C1CCC1. The third-order valence-electron chi connectivity index (χ3n) is 4.82. The quantitative estimate of drug-likeness (QED) is 0.902. The Morgan fingerprint density at radius 3 is 2.29 bits per heavy atom. The summed E-state index contributed by atoms with van der Waals surface area (Å²) in [6, 6.07) is 8.72. The summed E-state index contributed by atoms with van der Waals surface area (Å²) in [4.78, 5) is 14.3. The van der Waals surface area contributed by atoms with Gasteiger partial charge in [0.15, 0.2) is 0 Å². The summed E-state index contributed by atoms with van der Waals surface area (Å²) in [5, 5.41) is 3.05. The molecule has 1 aromatic rings. The fourth-order valence-corrected chi connectivity index (χ4v) is 3.14. The monoisotopic (exact) mass is 286 g/mol. The molecule has 1 aliphatic heterocycles. The average molecular weight is 286 g/mol. The molecule has 1 aromatic carbocycles. The fourth-order valence-electron chi connectivity index (χ4n) is 3.14. The molecule has 1 aliphatic carbocycles. The number of piperidine rings is 1. The Kier molecular flexibility index (Phi) is 4.91. The Bertz CT molecular complexity index is 459. The summed E-state index contributed by atoms with van der Waals surface area (Å²) in [6.45, 7) is 4.20. The Balaban J connectivity index is 1.45. The number of amides is 1. The largest absolute Gasteiger partial charge is 0.352 e. The minimum atomic E-state index is 0.235. The Labute approximate surface area is 127 Å². The highest BCUT2D eigenvalue weighted by Gasteiger charge is 2.24. The van der Waals surface area contributed by atoms with Gasteiger partial charge in [-0.05, 0) is 49.9 Å². The molecule has 0 radical (unpaired) electrons. The lowest BCUT2D eigenvalue weighted by Crippen LogP contribution is -2.33. The smallest absolute Gasteiger partial charge is 0.223 e. The van der Waals surface area contributed by atoms with Crippen molar-refractivity contribution >= 4 is 5.91 Å². The van der Waals surface area contributed by atoms with Crippen molar-refractivity contribution in [3.05, 3.63) is 35.4 Å². The summed E-state index contributed by atoms with van der Waals surface area (Å²) in [5.74, 6) is 0.516. The van der Waals surface area contributed by atoms with Crippen LogP contribution in [0, 0.1) is 5.92 Å². The molecule has 2 fully saturated rings. The molecule has 1 amide bonds. The lowest BCUT2D eigenvalue weighted by Gasteiger charge is -2.26. The van der Waals surface area contributed by atoms with Gasteiger partial charge in [0.2, 0.25) is 5.91 Å². The molecule has 1 N–H and O–H groups in total. The first-order chi connectivity index (χ1) is 10.3. The summed E-state index contributed by atoms with van der Waals surface area (Å²) in [5.41, 5.74) is 2.58. The van der Waals surface area contributed by atoms with Crippen LogP contribution in [-0.4, -0.2) is 23.9 Å². The Morgan fingerprint density at radius 2 is 1.67 bits per heavy atom. The predicted octanol–water partition coefficient (Wildman–Crippen LogP) is 3.09. The molecule has 2 aliphatic rings. The van der Waals surface area contributed by atoms with E-state index in [4.69, 9.17) is 0 Å². The van der Waals surface area contributed by atoms with E-state index in [1.54, 1.807) is 0 Å². The second-order valence-electron chi connectivity index (χ2n) is 6.50. The van der Waals surface area contributed by atoms with Gasteiger partial charge in [0, 0.05) is 19.0 Å². The molecule has 3 rings (SSSR count).